The number of anilines is 1. The van der Waals surface area contributed by atoms with Crippen LogP contribution in [0.4, 0.5) is 5.69 Å². The number of hydrogen-bond acceptors (Lipinski definition) is 4. The van der Waals surface area contributed by atoms with E-state index in [4.69, 9.17) is 0 Å². The summed E-state index contributed by atoms with van der Waals surface area (Å²) in [7, 11) is 0. The van der Waals surface area contributed by atoms with Crippen molar-refractivity contribution < 1.29 is 4.79 Å². The number of thioether (sulfide) groups is 1. The lowest BCUT2D eigenvalue weighted by Crippen LogP contribution is -2.15. The van der Waals surface area contributed by atoms with Crippen LogP contribution in [0.5, 0.6) is 0 Å². The Bertz CT molecular complexity index is 905. The molecule has 0 aliphatic rings. The number of aromatic nitrogens is 3. The van der Waals surface area contributed by atoms with E-state index in [-0.39, 0.29) is 5.91 Å². The minimum atomic E-state index is -0.0457. The molecule has 1 aromatic heterocycles. The highest BCUT2D eigenvalue weighted by atomic mass is 32.2. The minimum absolute atomic E-state index is 0.0457. The summed E-state index contributed by atoms with van der Waals surface area (Å²) >= 11 is 1.40. The largest absolute Gasteiger partial charge is 0.325 e. The monoisotopic (exact) mass is 366 g/mol. The summed E-state index contributed by atoms with van der Waals surface area (Å²) in [6.45, 7) is 6.80. The van der Waals surface area contributed by atoms with Gasteiger partial charge in [-0.15, -0.1) is 10.2 Å². The molecule has 1 heterocycles. The van der Waals surface area contributed by atoms with Crippen molar-refractivity contribution in [2.75, 3.05) is 11.1 Å². The molecule has 134 valence electrons. The van der Waals surface area contributed by atoms with Crippen molar-refractivity contribution in [3.63, 3.8) is 0 Å². The highest BCUT2D eigenvalue weighted by Gasteiger charge is 2.14. The molecule has 3 rings (SSSR count). The number of nitrogens with zero attached hydrogens (tertiary/aromatic N) is 3. The van der Waals surface area contributed by atoms with E-state index in [1.807, 2.05) is 66.9 Å². The van der Waals surface area contributed by atoms with E-state index >= 15 is 0 Å². The molecule has 0 unspecified atom stereocenters. The summed E-state index contributed by atoms with van der Waals surface area (Å²) in [6.07, 6.45) is 0. The van der Waals surface area contributed by atoms with Gasteiger partial charge in [-0.1, -0.05) is 54.2 Å². The van der Waals surface area contributed by atoms with E-state index in [2.05, 4.69) is 22.4 Å². The van der Waals surface area contributed by atoms with Gasteiger partial charge in [-0.2, -0.15) is 0 Å². The quantitative estimate of drug-likeness (QED) is 0.660. The maximum atomic E-state index is 12.3. The molecule has 0 aliphatic heterocycles. The van der Waals surface area contributed by atoms with Crippen LogP contribution in [-0.4, -0.2) is 26.4 Å². The normalized spacial score (nSPS) is 10.7. The first kappa shape index (κ1) is 18.2. The molecule has 2 aromatic carbocycles. The molecular weight excluding hydrogens is 344 g/mol. The lowest BCUT2D eigenvalue weighted by molar-refractivity contribution is -0.113. The number of aryl methyl sites for hydroxylation is 2. The molecule has 6 heteroatoms. The average molecular weight is 366 g/mol. The molecule has 1 N–H and O–H groups in total. The van der Waals surface area contributed by atoms with Gasteiger partial charge in [-0.25, -0.2) is 0 Å². The number of amides is 1. The van der Waals surface area contributed by atoms with E-state index in [1.54, 1.807) is 0 Å². The van der Waals surface area contributed by atoms with E-state index in [9.17, 15) is 4.79 Å². The van der Waals surface area contributed by atoms with Gasteiger partial charge in [0, 0.05) is 17.8 Å². The fourth-order valence-corrected chi connectivity index (χ4v) is 3.47. The van der Waals surface area contributed by atoms with Crippen LogP contribution < -0.4 is 5.32 Å². The Hall–Kier alpha value is -2.60. The van der Waals surface area contributed by atoms with Crippen LogP contribution in [-0.2, 0) is 11.3 Å². The van der Waals surface area contributed by atoms with Crippen molar-refractivity contribution in [2.45, 2.75) is 32.5 Å². The SMILES string of the molecule is CCn1c(SCC(=O)Nc2cc(C)ccc2C)nnc1-c1ccccc1. The second kappa shape index (κ2) is 8.19. The third-order valence-electron chi connectivity index (χ3n) is 4.06. The summed E-state index contributed by atoms with van der Waals surface area (Å²) in [6, 6.07) is 16.0. The third-order valence-corrected chi connectivity index (χ3v) is 5.03. The highest BCUT2D eigenvalue weighted by molar-refractivity contribution is 7.99. The third kappa shape index (κ3) is 4.14. The Morgan fingerprint density at radius 2 is 1.88 bits per heavy atom. The van der Waals surface area contributed by atoms with Gasteiger partial charge < -0.3 is 9.88 Å². The first-order valence-corrected chi connectivity index (χ1v) is 9.55. The Labute approximate surface area is 157 Å². The van der Waals surface area contributed by atoms with E-state index in [0.29, 0.717) is 5.75 Å². The molecule has 1 amide bonds. The van der Waals surface area contributed by atoms with Gasteiger partial charge in [0.2, 0.25) is 5.91 Å². The second-order valence-corrected chi connectivity index (χ2v) is 7.01. The predicted molar refractivity (Wildman–Crippen MR) is 106 cm³/mol. The van der Waals surface area contributed by atoms with Crippen LogP contribution in [0.25, 0.3) is 11.4 Å². The number of rotatable bonds is 6. The highest BCUT2D eigenvalue weighted by Crippen LogP contribution is 2.24. The molecule has 26 heavy (non-hydrogen) atoms. The first-order chi connectivity index (χ1) is 12.6. The van der Waals surface area contributed by atoms with Gasteiger partial charge >= 0.3 is 0 Å². The Balaban J connectivity index is 1.69. The zero-order valence-corrected chi connectivity index (χ0v) is 16.0. The van der Waals surface area contributed by atoms with Crippen molar-refractivity contribution in [1.29, 1.82) is 0 Å². The van der Waals surface area contributed by atoms with Crippen LogP contribution in [0.3, 0.4) is 0 Å². The summed E-state index contributed by atoms with van der Waals surface area (Å²) < 4.78 is 2.03. The van der Waals surface area contributed by atoms with Gasteiger partial charge in [-0.05, 0) is 38.0 Å². The van der Waals surface area contributed by atoms with Crippen LogP contribution in [0.15, 0.2) is 53.7 Å². The van der Waals surface area contributed by atoms with Gasteiger partial charge in [0.15, 0.2) is 11.0 Å². The first-order valence-electron chi connectivity index (χ1n) is 8.57. The number of carbonyl (C=O) groups excluding carboxylic acids is 1. The Kier molecular flexibility index (Phi) is 5.73. The topological polar surface area (TPSA) is 59.8 Å². The fourth-order valence-electron chi connectivity index (χ4n) is 2.67. The van der Waals surface area contributed by atoms with Gasteiger partial charge in [0.25, 0.3) is 0 Å². The summed E-state index contributed by atoms with van der Waals surface area (Å²) in [5, 5.41) is 12.3. The molecule has 0 saturated heterocycles. The number of carbonyl (C=O) groups is 1. The zero-order valence-electron chi connectivity index (χ0n) is 15.2. The molecule has 0 radical (unpaired) electrons. The van der Waals surface area contributed by atoms with Crippen molar-refractivity contribution in [3.05, 3.63) is 59.7 Å². The molecule has 0 aliphatic carbocycles. The molecule has 0 spiro atoms. The van der Waals surface area contributed by atoms with E-state index in [1.165, 1.54) is 11.8 Å². The second-order valence-electron chi connectivity index (χ2n) is 6.07. The smallest absolute Gasteiger partial charge is 0.234 e. The fraction of sp³-hybridized carbons (Fsp3) is 0.250. The van der Waals surface area contributed by atoms with Crippen LogP contribution in [0.1, 0.15) is 18.1 Å². The minimum Gasteiger partial charge on any atom is -0.325 e. The molecule has 0 fully saturated rings. The van der Waals surface area contributed by atoms with Crippen molar-refractivity contribution >= 4 is 23.4 Å². The lowest BCUT2D eigenvalue weighted by atomic mass is 10.1. The van der Waals surface area contributed by atoms with Gasteiger partial charge in [0.05, 0.1) is 5.75 Å². The van der Waals surface area contributed by atoms with Gasteiger partial charge in [-0.3, -0.25) is 4.79 Å². The Morgan fingerprint density at radius 3 is 2.62 bits per heavy atom. The zero-order chi connectivity index (χ0) is 18.5. The standard InChI is InChI=1S/C20H22N4OS/c1-4-24-19(16-8-6-5-7-9-16)22-23-20(24)26-13-18(25)21-17-12-14(2)10-11-15(17)3/h5-12H,4,13H2,1-3H3,(H,21,25). The molecule has 0 bridgehead atoms. The molecule has 3 aromatic rings. The predicted octanol–water partition coefficient (Wildman–Crippen LogP) is 4.31. The summed E-state index contributed by atoms with van der Waals surface area (Å²) in [4.78, 5) is 12.3. The number of nitrogens with one attached hydrogen (secondary N) is 1. The average Bonchev–Trinajstić information content (AvgIpc) is 3.06. The van der Waals surface area contributed by atoms with E-state index < -0.39 is 0 Å². The Morgan fingerprint density at radius 1 is 1.12 bits per heavy atom. The number of hydrogen-bond donors (Lipinski definition) is 1. The van der Waals surface area contributed by atoms with E-state index in [0.717, 1.165) is 39.9 Å². The summed E-state index contributed by atoms with van der Waals surface area (Å²) in [5.74, 6) is 1.07. The van der Waals surface area contributed by atoms with Crippen molar-refractivity contribution in [1.82, 2.24) is 14.8 Å². The van der Waals surface area contributed by atoms with Gasteiger partial charge in [0.1, 0.15) is 0 Å². The van der Waals surface area contributed by atoms with Crippen LogP contribution in [0, 0.1) is 13.8 Å². The maximum absolute atomic E-state index is 12.3. The molecule has 5 nitrogen and oxygen atoms in total. The van der Waals surface area contributed by atoms with Crippen LogP contribution >= 0.6 is 11.8 Å². The van der Waals surface area contributed by atoms with Crippen molar-refractivity contribution in [2.24, 2.45) is 0 Å². The summed E-state index contributed by atoms with van der Waals surface area (Å²) in [5.41, 5.74) is 4.06. The lowest BCUT2D eigenvalue weighted by Gasteiger charge is -2.10. The van der Waals surface area contributed by atoms with Crippen LogP contribution in [0.2, 0.25) is 0 Å². The molecule has 0 saturated carbocycles. The molecular formula is C20H22N4OS. The number of benzene rings is 2. The van der Waals surface area contributed by atoms with Crippen molar-refractivity contribution in [3.8, 4) is 11.4 Å². The maximum Gasteiger partial charge on any atom is 0.234 e. The molecule has 0 atom stereocenters.